The minimum absolute atomic E-state index is 0. The van der Waals surface area contributed by atoms with E-state index in [-0.39, 0.29) is 42.5 Å². The molecule has 0 spiro atoms. The number of amides is 1. The molecule has 2 aliphatic rings. The van der Waals surface area contributed by atoms with Gasteiger partial charge in [0.2, 0.25) is 5.91 Å². The van der Waals surface area contributed by atoms with Crippen LogP contribution in [-0.2, 0) is 16.1 Å². The summed E-state index contributed by atoms with van der Waals surface area (Å²) in [6.45, 7) is 8.74. The SMILES string of the molecule is CCC(C)NC(=NCC(=O)N(C)C)N1CC2OCCN(Cc3ccccc3)C2C1.I. The van der Waals surface area contributed by atoms with E-state index in [4.69, 9.17) is 4.74 Å². The third-order valence-electron chi connectivity index (χ3n) is 5.80. The fourth-order valence-electron chi connectivity index (χ4n) is 3.79. The van der Waals surface area contributed by atoms with Crippen molar-refractivity contribution in [3.63, 3.8) is 0 Å². The summed E-state index contributed by atoms with van der Waals surface area (Å²) < 4.78 is 6.10. The number of fused-ring (bicyclic) bond motifs is 1. The summed E-state index contributed by atoms with van der Waals surface area (Å²) in [5.74, 6) is 0.819. The first-order chi connectivity index (χ1) is 14.0. The molecule has 0 saturated carbocycles. The standard InChI is InChI=1S/C22H35N5O2.HI/c1-5-17(2)24-22(23-13-21(28)25(3)4)27-15-19-20(16-27)29-12-11-26(19)14-18-9-7-6-8-10-18;/h6-10,17,19-20H,5,11-16H2,1-4H3,(H,23,24);1H. The number of ether oxygens (including phenoxy) is 1. The lowest BCUT2D eigenvalue weighted by molar-refractivity contribution is -0.127. The summed E-state index contributed by atoms with van der Waals surface area (Å²) in [6.07, 6.45) is 1.17. The van der Waals surface area contributed by atoms with Crippen molar-refractivity contribution in [2.75, 3.05) is 46.9 Å². The molecule has 3 atom stereocenters. The Kier molecular flexibility index (Phi) is 9.83. The fraction of sp³-hybridized carbons (Fsp3) is 0.636. The van der Waals surface area contributed by atoms with Crippen LogP contribution >= 0.6 is 24.0 Å². The van der Waals surface area contributed by atoms with Gasteiger partial charge in [-0.1, -0.05) is 37.3 Å². The van der Waals surface area contributed by atoms with Gasteiger partial charge in [-0.2, -0.15) is 0 Å². The molecule has 2 fully saturated rings. The fourth-order valence-corrected chi connectivity index (χ4v) is 3.79. The number of hydrogen-bond acceptors (Lipinski definition) is 4. The van der Waals surface area contributed by atoms with Crippen LogP contribution in [0.5, 0.6) is 0 Å². The Hall–Kier alpha value is -1.39. The Morgan fingerprint density at radius 1 is 1.30 bits per heavy atom. The van der Waals surface area contributed by atoms with Gasteiger partial charge in [0.15, 0.2) is 5.96 Å². The maximum atomic E-state index is 12.1. The number of carbonyl (C=O) groups excluding carboxylic acids is 1. The number of carbonyl (C=O) groups is 1. The highest BCUT2D eigenvalue weighted by Crippen LogP contribution is 2.24. The monoisotopic (exact) mass is 529 g/mol. The second-order valence-electron chi connectivity index (χ2n) is 8.22. The third-order valence-corrected chi connectivity index (χ3v) is 5.80. The number of guanidine groups is 1. The van der Waals surface area contributed by atoms with E-state index in [1.165, 1.54) is 5.56 Å². The minimum Gasteiger partial charge on any atom is -0.373 e. The van der Waals surface area contributed by atoms with E-state index in [0.717, 1.165) is 45.2 Å². The Bertz CT molecular complexity index is 700. The molecular weight excluding hydrogens is 493 g/mol. The van der Waals surface area contributed by atoms with Crippen molar-refractivity contribution in [3.05, 3.63) is 35.9 Å². The van der Waals surface area contributed by atoms with Crippen molar-refractivity contribution in [2.45, 2.75) is 45.0 Å². The Morgan fingerprint density at radius 2 is 2.03 bits per heavy atom. The number of halogens is 1. The lowest BCUT2D eigenvalue weighted by Crippen LogP contribution is -2.50. The molecule has 1 aromatic carbocycles. The zero-order valence-corrected chi connectivity index (χ0v) is 20.9. The molecule has 0 radical (unpaired) electrons. The molecule has 3 rings (SSSR count). The summed E-state index contributed by atoms with van der Waals surface area (Å²) in [4.78, 5) is 23.1. The summed E-state index contributed by atoms with van der Waals surface area (Å²) >= 11 is 0. The predicted octanol–water partition coefficient (Wildman–Crippen LogP) is 2.02. The first-order valence-corrected chi connectivity index (χ1v) is 10.6. The highest BCUT2D eigenvalue weighted by atomic mass is 127. The highest BCUT2D eigenvalue weighted by Gasteiger charge is 2.41. The van der Waals surface area contributed by atoms with Gasteiger partial charge in [-0.25, -0.2) is 4.99 Å². The number of likely N-dealkylation sites (tertiary alicyclic amines) is 1. The van der Waals surface area contributed by atoms with Crippen LogP contribution in [-0.4, -0.2) is 91.6 Å². The van der Waals surface area contributed by atoms with Crippen LogP contribution in [0.1, 0.15) is 25.8 Å². The number of morpholine rings is 1. The maximum absolute atomic E-state index is 12.1. The average molecular weight is 529 g/mol. The zero-order chi connectivity index (χ0) is 20.8. The molecule has 2 heterocycles. The van der Waals surface area contributed by atoms with E-state index in [1.807, 2.05) is 0 Å². The van der Waals surface area contributed by atoms with Crippen molar-refractivity contribution in [2.24, 2.45) is 4.99 Å². The average Bonchev–Trinajstić information content (AvgIpc) is 3.16. The van der Waals surface area contributed by atoms with Gasteiger partial charge in [-0.05, 0) is 18.9 Å². The van der Waals surface area contributed by atoms with Crippen molar-refractivity contribution < 1.29 is 9.53 Å². The maximum Gasteiger partial charge on any atom is 0.243 e. The van der Waals surface area contributed by atoms with Crippen molar-refractivity contribution >= 4 is 35.8 Å². The van der Waals surface area contributed by atoms with Gasteiger partial charge in [-0.15, -0.1) is 24.0 Å². The molecule has 1 amide bonds. The number of hydrogen-bond donors (Lipinski definition) is 1. The molecule has 168 valence electrons. The molecule has 30 heavy (non-hydrogen) atoms. The Labute approximate surface area is 197 Å². The second-order valence-corrected chi connectivity index (χ2v) is 8.22. The van der Waals surface area contributed by atoms with Crippen LogP contribution in [0.25, 0.3) is 0 Å². The summed E-state index contributed by atoms with van der Waals surface area (Å²) in [6, 6.07) is 11.2. The number of aliphatic imine (C=N–C) groups is 1. The van der Waals surface area contributed by atoms with Crippen molar-refractivity contribution in [3.8, 4) is 0 Å². The molecule has 2 saturated heterocycles. The van der Waals surface area contributed by atoms with Crippen molar-refractivity contribution in [1.82, 2.24) is 20.0 Å². The molecule has 1 aromatic rings. The van der Waals surface area contributed by atoms with Gasteiger partial charge in [-0.3, -0.25) is 9.69 Å². The van der Waals surface area contributed by atoms with Crippen LogP contribution in [0, 0.1) is 0 Å². The van der Waals surface area contributed by atoms with Gasteiger partial charge in [0.05, 0.1) is 18.8 Å². The van der Waals surface area contributed by atoms with Gasteiger partial charge in [0.25, 0.3) is 0 Å². The third kappa shape index (κ3) is 6.55. The minimum atomic E-state index is 0. The lowest BCUT2D eigenvalue weighted by Gasteiger charge is -2.36. The normalized spacial score (nSPS) is 22.8. The van der Waals surface area contributed by atoms with E-state index < -0.39 is 0 Å². The van der Waals surface area contributed by atoms with Gasteiger partial charge >= 0.3 is 0 Å². The van der Waals surface area contributed by atoms with Crippen LogP contribution in [0.15, 0.2) is 35.3 Å². The molecule has 2 aliphatic heterocycles. The Balaban J connectivity index is 0.00000320. The van der Waals surface area contributed by atoms with Crippen LogP contribution in [0.4, 0.5) is 0 Å². The Morgan fingerprint density at radius 3 is 2.70 bits per heavy atom. The number of nitrogens with one attached hydrogen (secondary N) is 1. The number of likely N-dealkylation sites (N-methyl/N-ethyl adjacent to an activating group) is 1. The molecule has 8 heteroatoms. The van der Waals surface area contributed by atoms with Gasteiger partial charge in [0.1, 0.15) is 6.54 Å². The molecular formula is C22H36IN5O2. The first-order valence-electron chi connectivity index (χ1n) is 10.6. The lowest BCUT2D eigenvalue weighted by atomic mass is 10.1. The first kappa shape index (κ1) is 24.9. The van der Waals surface area contributed by atoms with Gasteiger partial charge in [0, 0.05) is 46.3 Å². The van der Waals surface area contributed by atoms with Crippen LogP contribution in [0.3, 0.4) is 0 Å². The molecule has 0 aromatic heterocycles. The van der Waals surface area contributed by atoms with E-state index in [1.54, 1.807) is 19.0 Å². The number of nitrogens with zero attached hydrogens (tertiary/aromatic N) is 4. The smallest absolute Gasteiger partial charge is 0.243 e. The number of rotatable bonds is 6. The summed E-state index contributed by atoms with van der Waals surface area (Å²) in [7, 11) is 3.53. The molecule has 0 bridgehead atoms. The van der Waals surface area contributed by atoms with Crippen molar-refractivity contribution in [1.29, 1.82) is 0 Å². The topological polar surface area (TPSA) is 60.4 Å². The van der Waals surface area contributed by atoms with E-state index in [0.29, 0.717) is 12.1 Å². The van der Waals surface area contributed by atoms with E-state index in [9.17, 15) is 4.79 Å². The van der Waals surface area contributed by atoms with Crippen LogP contribution in [0.2, 0.25) is 0 Å². The summed E-state index contributed by atoms with van der Waals surface area (Å²) in [5, 5.41) is 3.51. The second kappa shape index (κ2) is 11.9. The number of benzene rings is 1. The van der Waals surface area contributed by atoms with Gasteiger partial charge < -0.3 is 19.9 Å². The highest BCUT2D eigenvalue weighted by molar-refractivity contribution is 14.0. The zero-order valence-electron chi connectivity index (χ0n) is 18.6. The quantitative estimate of drug-likeness (QED) is 0.347. The predicted molar refractivity (Wildman–Crippen MR) is 131 cm³/mol. The molecule has 0 aliphatic carbocycles. The molecule has 1 N–H and O–H groups in total. The van der Waals surface area contributed by atoms with Crippen LogP contribution < -0.4 is 5.32 Å². The van der Waals surface area contributed by atoms with E-state index in [2.05, 4.69) is 64.3 Å². The molecule has 3 unspecified atom stereocenters. The van der Waals surface area contributed by atoms with E-state index >= 15 is 0 Å². The molecule has 7 nitrogen and oxygen atoms in total. The summed E-state index contributed by atoms with van der Waals surface area (Å²) in [5.41, 5.74) is 1.33. The largest absolute Gasteiger partial charge is 0.373 e.